The maximum Gasteiger partial charge on any atom is 0.142 e. The van der Waals surface area contributed by atoms with E-state index in [0.29, 0.717) is 5.69 Å². The lowest BCUT2D eigenvalue weighted by molar-refractivity contribution is 0.216. The smallest absolute Gasteiger partial charge is 0.142 e. The Hall–Kier alpha value is -1.60. The lowest BCUT2D eigenvalue weighted by atomic mass is 10.0. The average Bonchev–Trinajstić information content (AvgIpc) is 2.28. The number of aromatic nitrogens is 1. The summed E-state index contributed by atoms with van der Waals surface area (Å²) in [5.74, 6) is 0. The summed E-state index contributed by atoms with van der Waals surface area (Å²) in [5, 5.41) is 18.0. The predicted octanol–water partition coefficient (Wildman–Crippen LogP) is 1.16. The van der Waals surface area contributed by atoms with Crippen molar-refractivity contribution in [3.8, 4) is 6.07 Å². The molecular formula is C11H15N3O. The van der Waals surface area contributed by atoms with E-state index in [1.54, 1.807) is 12.3 Å². The number of nitrogens with zero attached hydrogens (tertiary/aromatic N) is 3. The maximum atomic E-state index is 9.23. The molecule has 0 radical (unpaired) electrons. The Morgan fingerprint density at radius 2 is 2.27 bits per heavy atom. The minimum atomic E-state index is -0.353. The first-order chi connectivity index (χ1) is 7.01. The molecule has 0 bridgehead atoms. The molecule has 0 fully saturated rings. The molecule has 0 aliphatic rings. The minimum Gasteiger partial charge on any atom is -0.394 e. The topological polar surface area (TPSA) is 60.2 Å². The first-order valence-corrected chi connectivity index (χ1v) is 4.72. The third-order valence-electron chi connectivity index (χ3n) is 2.54. The molecular weight excluding hydrogens is 190 g/mol. The number of nitriles is 1. The zero-order chi connectivity index (χ0) is 11.5. The van der Waals surface area contributed by atoms with Crippen LogP contribution in [0.25, 0.3) is 0 Å². The van der Waals surface area contributed by atoms with Crippen LogP contribution in [0.5, 0.6) is 0 Å². The van der Waals surface area contributed by atoms with Gasteiger partial charge in [0.15, 0.2) is 0 Å². The standard InChI is InChI=1S/C11H15N3O/c1-11(2,8-15)14(3)10-4-5-13-9(6-10)7-12/h4-6,15H,8H2,1-3H3. The molecule has 0 aliphatic heterocycles. The quantitative estimate of drug-likeness (QED) is 0.804. The number of likely N-dealkylation sites (N-methyl/N-ethyl adjacent to an activating group) is 1. The van der Waals surface area contributed by atoms with Crippen molar-refractivity contribution < 1.29 is 5.11 Å². The van der Waals surface area contributed by atoms with Gasteiger partial charge in [0.2, 0.25) is 0 Å². The fraction of sp³-hybridized carbons (Fsp3) is 0.455. The van der Waals surface area contributed by atoms with Gasteiger partial charge < -0.3 is 10.0 Å². The molecule has 0 unspecified atom stereocenters. The molecule has 0 saturated heterocycles. The van der Waals surface area contributed by atoms with Crippen molar-refractivity contribution in [1.82, 2.24) is 4.98 Å². The molecule has 1 N–H and O–H groups in total. The van der Waals surface area contributed by atoms with Gasteiger partial charge in [0, 0.05) is 18.9 Å². The largest absolute Gasteiger partial charge is 0.394 e. The van der Waals surface area contributed by atoms with Gasteiger partial charge in [-0.25, -0.2) is 4.98 Å². The van der Waals surface area contributed by atoms with Crippen molar-refractivity contribution in [1.29, 1.82) is 5.26 Å². The normalized spacial score (nSPS) is 10.9. The van der Waals surface area contributed by atoms with E-state index in [9.17, 15) is 5.11 Å². The second-order valence-electron chi connectivity index (χ2n) is 4.04. The van der Waals surface area contributed by atoms with Gasteiger partial charge in [-0.1, -0.05) is 0 Å². The van der Waals surface area contributed by atoms with Crippen LogP contribution in [-0.2, 0) is 0 Å². The van der Waals surface area contributed by atoms with Gasteiger partial charge in [-0.05, 0) is 26.0 Å². The number of pyridine rings is 1. The van der Waals surface area contributed by atoms with Gasteiger partial charge in [0.1, 0.15) is 11.8 Å². The van der Waals surface area contributed by atoms with Crippen LogP contribution >= 0.6 is 0 Å². The maximum absolute atomic E-state index is 9.23. The Labute approximate surface area is 89.8 Å². The van der Waals surface area contributed by atoms with E-state index in [-0.39, 0.29) is 12.1 Å². The van der Waals surface area contributed by atoms with E-state index in [0.717, 1.165) is 5.69 Å². The number of aliphatic hydroxyl groups excluding tert-OH is 1. The third-order valence-corrected chi connectivity index (χ3v) is 2.54. The summed E-state index contributed by atoms with van der Waals surface area (Å²) in [5.41, 5.74) is 0.905. The molecule has 0 atom stereocenters. The van der Waals surface area contributed by atoms with Gasteiger partial charge in [0.25, 0.3) is 0 Å². The van der Waals surface area contributed by atoms with Crippen molar-refractivity contribution in [2.75, 3.05) is 18.6 Å². The van der Waals surface area contributed by atoms with Crippen LogP contribution in [0.15, 0.2) is 18.3 Å². The molecule has 4 nitrogen and oxygen atoms in total. The highest BCUT2D eigenvalue weighted by Crippen LogP contribution is 2.21. The van der Waals surface area contributed by atoms with Crippen LogP contribution in [0.3, 0.4) is 0 Å². The lowest BCUT2D eigenvalue weighted by Gasteiger charge is -2.35. The fourth-order valence-corrected chi connectivity index (χ4v) is 1.14. The number of aliphatic hydroxyl groups is 1. The van der Waals surface area contributed by atoms with Crippen molar-refractivity contribution in [2.45, 2.75) is 19.4 Å². The number of hydrogen-bond acceptors (Lipinski definition) is 4. The van der Waals surface area contributed by atoms with Crippen LogP contribution in [0, 0.1) is 11.3 Å². The SMILES string of the molecule is CN(c1ccnc(C#N)c1)C(C)(C)CO. The molecule has 4 heteroatoms. The summed E-state index contributed by atoms with van der Waals surface area (Å²) in [6.45, 7) is 3.91. The van der Waals surface area contributed by atoms with Crippen molar-refractivity contribution >= 4 is 5.69 Å². The molecule has 1 aromatic heterocycles. The molecule has 1 heterocycles. The summed E-state index contributed by atoms with van der Waals surface area (Å²) in [4.78, 5) is 5.82. The Morgan fingerprint density at radius 1 is 1.60 bits per heavy atom. The second-order valence-corrected chi connectivity index (χ2v) is 4.04. The molecule has 1 rings (SSSR count). The number of rotatable bonds is 3. The van der Waals surface area contributed by atoms with E-state index >= 15 is 0 Å². The molecule has 15 heavy (non-hydrogen) atoms. The summed E-state index contributed by atoms with van der Waals surface area (Å²) in [7, 11) is 1.88. The zero-order valence-corrected chi connectivity index (χ0v) is 9.23. The fourth-order valence-electron chi connectivity index (χ4n) is 1.14. The van der Waals surface area contributed by atoms with E-state index < -0.39 is 0 Å². The van der Waals surface area contributed by atoms with Crippen LogP contribution < -0.4 is 4.90 Å². The minimum absolute atomic E-state index is 0.0493. The molecule has 0 aliphatic carbocycles. The average molecular weight is 205 g/mol. The molecule has 0 saturated carbocycles. The van der Waals surface area contributed by atoms with E-state index in [2.05, 4.69) is 4.98 Å². The van der Waals surface area contributed by atoms with Crippen LogP contribution in [0.4, 0.5) is 5.69 Å². The van der Waals surface area contributed by atoms with Gasteiger partial charge in [-0.15, -0.1) is 0 Å². The van der Waals surface area contributed by atoms with Crippen molar-refractivity contribution in [2.24, 2.45) is 0 Å². The highest BCUT2D eigenvalue weighted by molar-refractivity contribution is 5.50. The van der Waals surface area contributed by atoms with Gasteiger partial charge in [-0.3, -0.25) is 0 Å². The Morgan fingerprint density at radius 3 is 2.80 bits per heavy atom. The van der Waals surface area contributed by atoms with E-state index in [1.807, 2.05) is 37.9 Å². The molecule has 0 aromatic carbocycles. The van der Waals surface area contributed by atoms with Crippen LogP contribution in [0.1, 0.15) is 19.5 Å². The van der Waals surface area contributed by atoms with Gasteiger partial charge in [0.05, 0.1) is 12.1 Å². The highest BCUT2D eigenvalue weighted by Gasteiger charge is 2.22. The second kappa shape index (κ2) is 4.28. The van der Waals surface area contributed by atoms with Crippen LogP contribution in [-0.4, -0.2) is 29.3 Å². The third kappa shape index (κ3) is 2.45. The zero-order valence-electron chi connectivity index (χ0n) is 9.23. The number of anilines is 1. The van der Waals surface area contributed by atoms with E-state index in [1.165, 1.54) is 0 Å². The monoisotopic (exact) mass is 205 g/mol. The lowest BCUT2D eigenvalue weighted by Crippen LogP contribution is -2.44. The Balaban J connectivity index is 3.02. The summed E-state index contributed by atoms with van der Waals surface area (Å²) < 4.78 is 0. The predicted molar refractivity (Wildman–Crippen MR) is 58.5 cm³/mol. The summed E-state index contributed by atoms with van der Waals surface area (Å²) in [6, 6.07) is 5.51. The molecule has 80 valence electrons. The molecule has 0 spiro atoms. The summed E-state index contributed by atoms with van der Waals surface area (Å²) in [6.07, 6.45) is 1.60. The van der Waals surface area contributed by atoms with Crippen molar-refractivity contribution in [3.63, 3.8) is 0 Å². The summed E-state index contributed by atoms with van der Waals surface area (Å²) >= 11 is 0. The molecule has 0 amide bonds. The molecule has 1 aromatic rings. The van der Waals surface area contributed by atoms with Crippen molar-refractivity contribution in [3.05, 3.63) is 24.0 Å². The Bertz CT molecular complexity index is 382. The van der Waals surface area contributed by atoms with Gasteiger partial charge >= 0.3 is 0 Å². The van der Waals surface area contributed by atoms with Crippen LogP contribution in [0.2, 0.25) is 0 Å². The van der Waals surface area contributed by atoms with Gasteiger partial charge in [-0.2, -0.15) is 5.26 Å². The first kappa shape index (κ1) is 11.5. The van der Waals surface area contributed by atoms with E-state index in [4.69, 9.17) is 5.26 Å². The first-order valence-electron chi connectivity index (χ1n) is 4.72. The highest BCUT2D eigenvalue weighted by atomic mass is 16.3. The number of hydrogen-bond donors (Lipinski definition) is 1. The Kier molecular flexibility index (Phi) is 3.28.